The van der Waals surface area contributed by atoms with Gasteiger partial charge in [-0.05, 0) is 46.9 Å². The Morgan fingerprint density at radius 2 is 1.76 bits per heavy atom. The van der Waals surface area contributed by atoms with Gasteiger partial charge in [-0.25, -0.2) is 0 Å². The highest BCUT2D eigenvalue weighted by atomic mass is 35.5. The first kappa shape index (κ1) is 32.7. The van der Waals surface area contributed by atoms with Crippen LogP contribution in [0.5, 0.6) is 0 Å². The lowest BCUT2D eigenvalue weighted by Crippen LogP contribution is -2.43. The third-order valence-corrected chi connectivity index (χ3v) is 7.03. The minimum Gasteiger partial charge on any atom is -0.481 e. The Balaban J connectivity index is 0.000000295. The molecule has 1 aliphatic rings. The minimum atomic E-state index is -1.21. The van der Waals surface area contributed by atoms with Gasteiger partial charge in [0.25, 0.3) is 5.91 Å². The molecule has 0 fully saturated rings. The fraction of sp³-hybridized carbons (Fsp3) is 0.375. The number of rotatable bonds is 7. The Bertz CT molecular complexity index is 1460. The number of hydrogen-bond donors (Lipinski definition) is 2. The van der Waals surface area contributed by atoms with Gasteiger partial charge in [0.05, 0.1) is 19.4 Å². The molecule has 0 saturated carbocycles. The Kier molecular flexibility index (Phi) is 10.8. The van der Waals surface area contributed by atoms with Gasteiger partial charge in [-0.3, -0.25) is 19.2 Å². The Hall–Kier alpha value is -3.79. The number of halogens is 1. The number of carbonyl (C=O) groups excluding carboxylic acids is 3. The van der Waals surface area contributed by atoms with E-state index in [9.17, 15) is 19.2 Å². The van der Waals surface area contributed by atoms with Crippen LogP contribution < -0.4 is 10.6 Å². The largest absolute Gasteiger partial charge is 0.481 e. The molecule has 3 atom stereocenters. The summed E-state index contributed by atoms with van der Waals surface area (Å²) >= 11 is 6.36. The van der Waals surface area contributed by atoms with Crippen LogP contribution in [0.15, 0.2) is 60.7 Å². The van der Waals surface area contributed by atoms with E-state index in [-0.39, 0.29) is 24.0 Å². The minimum absolute atomic E-state index is 0.0266. The van der Waals surface area contributed by atoms with Crippen LogP contribution in [0.1, 0.15) is 51.3 Å². The van der Waals surface area contributed by atoms with E-state index in [1.807, 2.05) is 41.3 Å². The molecule has 3 aromatic carbocycles. The van der Waals surface area contributed by atoms with Crippen LogP contribution in [0.25, 0.3) is 10.8 Å². The summed E-state index contributed by atoms with van der Waals surface area (Å²) in [5, 5.41) is 11.4. The number of nitrogens with two attached hydrogens (primary N) is 1. The van der Waals surface area contributed by atoms with Gasteiger partial charge in [-0.15, -0.1) is 0 Å². The molecule has 1 heterocycles. The van der Waals surface area contributed by atoms with Crippen LogP contribution in [-0.4, -0.2) is 55.0 Å². The number of carboxylic acid groups (broad SMARTS) is 1. The molecule has 10 heteroatoms. The molecule has 3 N–H and O–H groups in total. The van der Waals surface area contributed by atoms with E-state index in [1.54, 1.807) is 0 Å². The normalized spacial score (nSPS) is 16.4. The van der Waals surface area contributed by atoms with Crippen LogP contribution in [0, 0.1) is 11.3 Å². The average molecular weight is 597 g/mol. The standard InChI is InChI=1S/C24H24ClNO2.C8H13NO5/c1-24(2,3)15-26-21-12-11-17(25)13-20(21)23(28-14-22(26)27)19-10-6-8-16-7-4-5-9-18(16)19;1-4(10)5(3-6(11)12)7(9)8(13)14-2/h4-13,23H,14-15H2,1-3H3;5,7H,3,9H2,1-2H3,(H,11,12)/t;5?,7-/m.0/s1. The molecule has 2 unspecified atom stereocenters. The number of esters is 1. The van der Waals surface area contributed by atoms with E-state index >= 15 is 0 Å². The fourth-order valence-corrected chi connectivity index (χ4v) is 5.01. The Morgan fingerprint density at radius 3 is 2.38 bits per heavy atom. The monoisotopic (exact) mass is 596 g/mol. The molecule has 0 aromatic heterocycles. The third-order valence-electron chi connectivity index (χ3n) is 6.80. The number of hydrogen-bond acceptors (Lipinski definition) is 7. The van der Waals surface area contributed by atoms with Crippen LogP contribution in [0.2, 0.25) is 5.02 Å². The molecule has 3 aromatic rings. The summed E-state index contributed by atoms with van der Waals surface area (Å²) in [7, 11) is 1.13. The first-order valence-electron chi connectivity index (χ1n) is 13.5. The summed E-state index contributed by atoms with van der Waals surface area (Å²) in [6.45, 7) is 8.23. The predicted octanol–water partition coefficient (Wildman–Crippen LogP) is 5.16. The van der Waals surface area contributed by atoms with Crippen molar-refractivity contribution >= 4 is 51.7 Å². The first-order valence-corrected chi connectivity index (χ1v) is 13.9. The van der Waals surface area contributed by atoms with Crippen molar-refractivity contribution < 1.29 is 33.8 Å². The molecule has 224 valence electrons. The van der Waals surface area contributed by atoms with Crippen molar-refractivity contribution in [3.63, 3.8) is 0 Å². The molecule has 42 heavy (non-hydrogen) atoms. The summed E-state index contributed by atoms with van der Waals surface area (Å²) in [5.74, 6) is -3.46. The lowest BCUT2D eigenvalue weighted by atomic mass is 9.93. The molecule has 0 radical (unpaired) electrons. The summed E-state index contributed by atoms with van der Waals surface area (Å²) in [5.41, 5.74) is 8.18. The van der Waals surface area contributed by atoms with Crippen molar-refractivity contribution in [2.45, 2.75) is 46.3 Å². The number of ketones is 1. The van der Waals surface area contributed by atoms with Gasteiger partial charge in [0.1, 0.15) is 24.5 Å². The van der Waals surface area contributed by atoms with Crippen LogP contribution >= 0.6 is 11.6 Å². The van der Waals surface area contributed by atoms with E-state index in [0.29, 0.717) is 11.6 Å². The lowest BCUT2D eigenvalue weighted by Gasteiger charge is -2.30. The number of anilines is 1. The molecule has 1 aliphatic heterocycles. The molecule has 4 rings (SSSR count). The summed E-state index contributed by atoms with van der Waals surface area (Å²) < 4.78 is 10.5. The van der Waals surface area contributed by atoms with Crippen molar-refractivity contribution in [3.8, 4) is 0 Å². The fourth-order valence-electron chi connectivity index (χ4n) is 4.83. The zero-order chi connectivity index (χ0) is 31.2. The number of aliphatic carboxylic acids is 1. The van der Waals surface area contributed by atoms with Crippen LogP contribution in [-0.2, 0) is 28.7 Å². The summed E-state index contributed by atoms with van der Waals surface area (Å²) in [6, 6.07) is 18.9. The van der Waals surface area contributed by atoms with Gasteiger partial charge in [0.2, 0.25) is 0 Å². The van der Waals surface area contributed by atoms with Crippen molar-refractivity contribution in [3.05, 3.63) is 76.8 Å². The van der Waals surface area contributed by atoms with Crippen LogP contribution in [0.4, 0.5) is 5.69 Å². The molecule has 0 saturated heterocycles. The molecule has 0 bridgehead atoms. The number of ether oxygens (including phenoxy) is 2. The second-order valence-corrected chi connectivity index (χ2v) is 11.8. The maximum Gasteiger partial charge on any atom is 0.323 e. The van der Waals surface area contributed by atoms with Gasteiger partial charge in [0.15, 0.2) is 0 Å². The average Bonchev–Trinajstić information content (AvgIpc) is 3.05. The van der Waals surface area contributed by atoms with Crippen molar-refractivity contribution in [2.75, 3.05) is 25.2 Å². The molecule has 1 amide bonds. The zero-order valence-corrected chi connectivity index (χ0v) is 25.2. The smallest absolute Gasteiger partial charge is 0.323 e. The van der Waals surface area contributed by atoms with Gasteiger partial charge < -0.3 is 25.2 Å². The number of Topliss-reactive ketones (excluding diaryl/α,β-unsaturated/α-hetero) is 1. The summed E-state index contributed by atoms with van der Waals surface area (Å²) in [6.07, 6.45) is -0.820. The number of benzene rings is 3. The van der Waals surface area contributed by atoms with E-state index in [2.05, 4.69) is 49.8 Å². The lowest BCUT2D eigenvalue weighted by molar-refractivity contribution is -0.147. The molecule has 0 aliphatic carbocycles. The molecular formula is C32H37ClN2O7. The van der Waals surface area contributed by atoms with E-state index in [4.69, 9.17) is 27.2 Å². The molecular weight excluding hydrogens is 560 g/mol. The number of carboxylic acids is 1. The van der Waals surface area contributed by atoms with Crippen molar-refractivity contribution in [2.24, 2.45) is 17.1 Å². The van der Waals surface area contributed by atoms with Gasteiger partial charge in [0, 0.05) is 22.8 Å². The maximum atomic E-state index is 12.9. The van der Waals surface area contributed by atoms with E-state index in [1.165, 1.54) is 6.92 Å². The highest BCUT2D eigenvalue weighted by Gasteiger charge is 2.33. The van der Waals surface area contributed by atoms with Crippen LogP contribution in [0.3, 0.4) is 0 Å². The topological polar surface area (TPSA) is 136 Å². The number of amides is 1. The SMILES string of the molecule is CC(C)(C)CN1C(=O)COC(c2cccc3ccccc23)c2cc(Cl)ccc21.COC(=O)[C@@H](N)C(CC(=O)O)C(C)=O. The quantitative estimate of drug-likeness (QED) is 0.357. The maximum absolute atomic E-state index is 12.9. The van der Waals surface area contributed by atoms with Crippen molar-refractivity contribution in [1.82, 2.24) is 0 Å². The zero-order valence-electron chi connectivity index (χ0n) is 24.4. The number of carbonyl (C=O) groups is 4. The number of fused-ring (bicyclic) bond motifs is 2. The Labute approximate surface area is 250 Å². The van der Waals surface area contributed by atoms with Gasteiger partial charge >= 0.3 is 11.9 Å². The predicted molar refractivity (Wildman–Crippen MR) is 161 cm³/mol. The third kappa shape index (κ3) is 8.15. The highest BCUT2D eigenvalue weighted by Crippen LogP contribution is 2.40. The van der Waals surface area contributed by atoms with E-state index in [0.717, 1.165) is 34.7 Å². The number of methoxy groups -OCH3 is 1. The van der Waals surface area contributed by atoms with Gasteiger partial charge in [-0.1, -0.05) is 74.8 Å². The van der Waals surface area contributed by atoms with E-state index < -0.39 is 36.1 Å². The first-order chi connectivity index (χ1) is 19.7. The molecule has 9 nitrogen and oxygen atoms in total. The van der Waals surface area contributed by atoms with Gasteiger partial charge in [-0.2, -0.15) is 0 Å². The second kappa shape index (κ2) is 13.9. The molecule has 0 spiro atoms. The Morgan fingerprint density at radius 1 is 1.10 bits per heavy atom. The highest BCUT2D eigenvalue weighted by molar-refractivity contribution is 6.30. The summed E-state index contributed by atoms with van der Waals surface area (Å²) in [4.78, 5) is 47.1. The second-order valence-electron chi connectivity index (χ2n) is 11.4. The van der Waals surface area contributed by atoms with Crippen molar-refractivity contribution in [1.29, 1.82) is 0 Å². The number of nitrogens with zero attached hydrogens (tertiary/aromatic N) is 1.